The summed E-state index contributed by atoms with van der Waals surface area (Å²) in [4.78, 5) is 24.2. The Balaban J connectivity index is 1.68. The second-order valence-electron chi connectivity index (χ2n) is 6.87. The van der Waals surface area contributed by atoms with Crippen molar-refractivity contribution < 1.29 is 39.9 Å². The lowest BCUT2D eigenvalue weighted by Gasteiger charge is -2.24. The number of esters is 1. The minimum Gasteiger partial charge on any atom is -0.459 e. The number of benzene rings is 2. The summed E-state index contributed by atoms with van der Waals surface area (Å²) in [7, 11) is 0. The molecule has 8 heteroatoms. The van der Waals surface area contributed by atoms with Crippen LogP contribution in [-0.4, -0.2) is 74.9 Å². The fourth-order valence-corrected chi connectivity index (χ4v) is 3.47. The Morgan fingerprint density at radius 2 is 1.38 bits per heavy atom. The van der Waals surface area contributed by atoms with Gasteiger partial charge >= 0.3 is 5.97 Å². The summed E-state index contributed by atoms with van der Waals surface area (Å²) in [6, 6.07) is 15.2. The van der Waals surface area contributed by atoms with E-state index in [2.05, 4.69) is 0 Å². The molecule has 8 nitrogen and oxygen atoms in total. The van der Waals surface area contributed by atoms with Crippen LogP contribution < -0.4 is 0 Å². The van der Waals surface area contributed by atoms with Gasteiger partial charge in [-0.3, -0.25) is 4.79 Å². The lowest BCUT2D eigenvalue weighted by molar-refractivity contribution is -0.166. The number of rotatable bonds is 8. The highest BCUT2D eigenvalue weighted by molar-refractivity contribution is 6.35. The Morgan fingerprint density at radius 3 is 1.90 bits per heavy atom. The van der Waals surface area contributed by atoms with Crippen molar-refractivity contribution in [3.05, 3.63) is 59.7 Å². The molecule has 154 valence electrons. The fraction of sp³-hybridized carbons (Fsp3) is 0.333. The van der Waals surface area contributed by atoms with Crippen molar-refractivity contribution in [2.75, 3.05) is 13.2 Å². The number of hydrogen-bond donors (Lipinski definition) is 5. The molecular formula is C21H22O8. The molecule has 0 aromatic heterocycles. The van der Waals surface area contributed by atoms with E-state index < -0.39 is 42.8 Å². The summed E-state index contributed by atoms with van der Waals surface area (Å²) in [6.45, 7) is -1.05. The Bertz CT molecular complexity index is 850. The molecule has 0 heterocycles. The number of aliphatic hydroxyl groups is 5. The summed E-state index contributed by atoms with van der Waals surface area (Å²) in [5.41, 5.74) is 3.89. The number of ketones is 1. The first kappa shape index (κ1) is 21.1. The van der Waals surface area contributed by atoms with Crippen LogP contribution in [0.2, 0.25) is 0 Å². The van der Waals surface area contributed by atoms with Gasteiger partial charge in [-0.1, -0.05) is 48.5 Å². The molecule has 0 fully saturated rings. The summed E-state index contributed by atoms with van der Waals surface area (Å²) in [6.07, 6.45) is -8.26. The van der Waals surface area contributed by atoms with Gasteiger partial charge in [-0.15, -0.1) is 0 Å². The van der Waals surface area contributed by atoms with E-state index in [1.807, 2.05) is 48.5 Å². The molecule has 0 unspecified atom stereocenters. The predicted octanol–water partition coefficient (Wildman–Crippen LogP) is -0.653. The zero-order valence-electron chi connectivity index (χ0n) is 15.4. The normalized spacial score (nSPS) is 17.0. The molecule has 0 saturated carbocycles. The summed E-state index contributed by atoms with van der Waals surface area (Å²) < 4.78 is 5.09. The number of aliphatic hydroxyl groups excluding tert-OH is 5. The zero-order chi connectivity index (χ0) is 21.1. The van der Waals surface area contributed by atoms with Gasteiger partial charge in [0.05, 0.1) is 6.61 Å². The number of fused-ring (bicyclic) bond motifs is 3. The quantitative estimate of drug-likeness (QED) is 0.289. The number of carbonyl (C=O) groups excluding carboxylic acids is 2. The Hall–Kier alpha value is -2.62. The molecule has 29 heavy (non-hydrogen) atoms. The molecular weight excluding hydrogens is 380 g/mol. The molecule has 0 amide bonds. The maximum atomic E-state index is 12.1. The van der Waals surface area contributed by atoms with Crippen LogP contribution in [0.15, 0.2) is 48.5 Å². The third-order valence-electron chi connectivity index (χ3n) is 5.07. The number of carbonyl (C=O) groups is 2. The monoisotopic (exact) mass is 402 g/mol. The molecule has 4 atom stereocenters. The van der Waals surface area contributed by atoms with Gasteiger partial charge in [-0.25, -0.2) is 4.79 Å². The predicted molar refractivity (Wildman–Crippen MR) is 101 cm³/mol. The van der Waals surface area contributed by atoms with E-state index >= 15 is 0 Å². The lowest BCUT2D eigenvalue weighted by atomic mass is 9.98. The van der Waals surface area contributed by atoms with E-state index in [-0.39, 0.29) is 12.5 Å². The van der Waals surface area contributed by atoms with Crippen LogP contribution in [0.4, 0.5) is 0 Å². The van der Waals surface area contributed by atoms with Crippen molar-refractivity contribution in [3.8, 4) is 11.1 Å². The minimum atomic E-state index is -2.30. The molecule has 1 aliphatic carbocycles. The van der Waals surface area contributed by atoms with Gasteiger partial charge in [0.2, 0.25) is 0 Å². The molecule has 0 radical (unpaired) electrons. The van der Waals surface area contributed by atoms with Gasteiger partial charge in [0.25, 0.3) is 5.78 Å². The van der Waals surface area contributed by atoms with Gasteiger partial charge in [0.15, 0.2) is 6.10 Å². The Morgan fingerprint density at radius 1 is 0.862 bits per heavy atom. The smallest absolute Gasteiger partial charge is 0.377 e. The average Bonchev–Trinajstić information content (AvgIpc) is 3.08. The molecule has 2 aromatic rings. The van der Waals surface area contributed by atoms with Crippen molar-refractivity contribution in [2.24, 2.45) is 0 Å². The molecule has 0 spiro atoms. The van der Waals surface area contributed by atoms with E-state index in [1.54, 1.807) is 0 Å². The van der Waals surface area contributed by atoms with Gasteiger partial charge in [-0.2, -0.15) is 0 Å². The first-order valence-corrected chi connectivity index (χ1v) is 9.09. The number of ether oxygens (including phenoxy) is 1. The van der Waals surface area contributed by atoms with Crippen molar-refractivity contribution in [3.63, 3.8) is 0 Å². The Labute approximate surface area is 166 Å². The molecule has 2 aromatic carbocycles. The second kappa shape index (κ2) is 8.81. The van der Waals surface area contributed by atoms with Crippen molar-refractivity contribution >= 4 is 11.8 Å². The fourth-order valence-electron chi connectivity index (χ4n) is 3.47. The van der Waals surface area contributed by atoms with Crippen LogP contribution in [0, 0.1) is 0 Å². The highest BCUT2D eigenvalue weighted by Gasteiger charge is 2.38. The van der Waals surface area contributed by atoms with E-state index in [0.717, 1.165) is 22.3 Å². The van der Waals surface area contributed by atoms with Crippen LogP contribution in [0.5, 0.6) is 0 Å². The van der Waals surface area contributed by atoms with E-state index in [1.165, 1.54) is 0 Å². The third-order valence-corrected chi connectivity index (χ3v) is 5.07. The largest absolute Gasteiger partial charge is 0.459 e. The van der Waals surface area contributed by atoms with Gasteiger partial charge in [0, 0.05) is 5.92 Å². The van der Waals surface area contributed by atoms with Gasteiger partial charge in [-0.05, 0) is 22.3 Å². The molecule has 0 aliphatic heterocycles. The van der Waals surface area contributed by atoms with Crippen molar-refractivity contribution in [2.45, 2.75) is 30.3 Å². The van der Waals surface area contributed by atoms with Gasteiger partial charge < -0.3 is 30.3 Å². The SMILES string of the molecule is O=C(OCC1c2ccccc2-c2ccccc21)C(=O)[C@H](O)[C@H](O)[C@H](O)[C@H](O)CO. The zero-order valence-corrected chi connectivity index (χ0v) is 15.4. The molecule has 0 saturated heterocycles. The van der Waals surface area contributed by atoms with E-state index in [9.17, 15) is 30.0 Å². The van der Waals surface area contributed by atoms with Crippen LogP contribution in [0.3, 0.4) is 0 Å². The third kappa shape index (κ3) is 4.07. The standard InChI is InChI=1S/C21H22O8/c22-9-16(23)17(24)18(25)19(26)20(27)21(28)29-10-15-13-7-3-1-5-11(13)12-6-2-4-8-14(12)15/h1-8,15-19,22-26H,9-10H2/t16-,17-,18-,19-/m1/s1. The molecule has 1 aliphatic rings. The maximum absolute atomic E-state index is 12.1. The summed E-state index contributed by atoms with van der Waals surface area (Å²) in [5, 5.41) is 47.2. The molecule has 0 bridgehead atoms. The highest BCUT2D eigenvalue weighted by Crippen LogP contribution is 2.44. The first-order valence-electron chi connectivity index (χ1n) is 9.09. The number of Topliss-reactive ketones (excluding diaryl/α,β-unsaturated/α-hetero) is 1. The molecule has 3 rings (SSSR count). The maximum Gasteiger partial charge on any atom is 0.377 e. The van der Waals surface area contributed by atoms with Gasteiger partial charge in [0.1, 0.15) is 24.9 Å². The van der Waals surface area contributed by atoms with Crippen LogP contribution in [-0.2, 0) is 14.3 Å². The summed E-state index contributed by atoms with van der Waals surface area (Å²) in [5.74, 6) is -3.12. The second-order valence-corrected chi connectivity index (χ2v) is 6.87. The topological polar surface area (TPSA) is 145 Å². The van der Waals surface area contributed by atoms with E-state index in [0.29, 0.717) is 0 Å². The first-order chi connectivity index (χ1) is 13.9. The van der Waals surface area contributed by atoms with Crippen LogP contribution >= 0.6 is 0 Å². The lowest BCUT2D eigenvalue weighted by Crippen LogP contribution is -2.50. The molecule has 5 N–H and O–H groups in total. The summed E-state index contributed by atoms with van der Waals surface area (Å²) >= 11 is 0. The van der Waals surface area contributed by atoms with Crippen LogP contribution in [0.1, 0.15) is 17.0 Å². The van der Waals surface area contributed by atoms with Crippen LogP contribution in [0.25, 0.3) is 11.1 Å². The van der Waals surface area contributed by atoms with Crippen molar-refractivity contribution in [1.82, 2.24) is 0 Å². The van der Waals surface area contributed by atoms with E-state index in [4.69, 9.17) is 9.84 Å². The Kier molecular flexibility index (Phi) is 6.41. The minimum absolute atomic E-state index is 0.150. The number of hydrogen-bond acceptors (Lipinski definition) is 8. The highest BCUT2D eigenvalue weighted by atomic mass is 16.5. The van der Waals surface area contributed by atoms with Crippen molar-refractivity contribution in [1.29, 1.82) is 0 Å². The average molecular weight is 402 g/mol.